The number of anilines is 1. The van der Waals surface area contributed by atoms with E-state index in [1.807, 2.05) is 52.8 Å². The van der Waals surface area contributed by atoms with E-state index in [9.17, 15) is 4.79 Å². The minimum absolute atomic E-state index is 0.0191. The van der Waals surface area contributed by atoms with Crippen molar-refractivity contribution in [1.29, 1.82) is 0 Å². The van der Waals surface area contributed by atoms with Crippen molar-refractivity contribution in [1.82, 2.24) is 14.7 Å². The van der Waals surface area contributed by atoms with Crippen molar-refractivity contribution in [3.63, 3.8) is 0 Å². The normalized spacial score (nSPS) is 11.1. The van der Waals surface area contributed by atoms with Crippen LogP contribution in [-0.2, 0) is 18.4 Å². The van der Waals surface area contributed by atoms with Crippen LogP contribution in [0.3, 0.4) is 0 Å². The Labute approximate surface area is 144 Å². The van der Waals surface area contributed by atoms with Crippen molar-refractivity contribution in [3.05, 3.63) is 52.9 Å². The van der Waals surface area contributed by atoms with E-state index in [2.05, 4.69) is 34.3 Å². The molecule has 0 unspecified atom stereocenters. The van der Waals surface area contributed by atoms with Gasteiger partial charge < -0.3 is 9.80 Å². The molecule has 0 atom stereocenters. The Bertz CT molecular complexity index is 741. The lowest BCUT2D eigenvalue weighted by molar-refractivity contribution is -0.125. The summed E-state index contributed by atoms with van der Waals surface area (Å²) in [5.74, 6) is -0.0191. The van der Waals surface area contributed by atoms with Crippen LogP contribution < -0.4 is 4.90 Å². The maximum atomic E-state index is 12.3. The van der Waals surface area contributed by atoms with E-state index in [4.69, 9.17) is 0 Å². The molecule has 128 valence electrons. The SMILES string of the molecule is Cc1nn(C)c(C)c1/C=C/C(=O)N(C)Cc1ccc(N(C)C)cc1. The Hall–Kier alpha value is -2.56. The minimum Gasteiger partial charge on any atom is -0.378 e. The van der Waals surface area contributed by atoms with Gasteiger partial charge in [-0.25, -0.2) is 0 Å². The summed E-state index contributed by atoms with van der Waals surface area (Å²) < 4.78 is 1.83. The predicted molar refractivity (Wildman–Crippen MR) is 99.0 cm³/mol. The molecule has 0 saturated carbocycles. The van der Waals surface area contributed by atoms with Gasteiger partial charge in [-0.3, -0.25) is 9.48 Å². The lowest BCUT2D eigenvalue weighted by atomic mass is 10.1. The van der Waals surface area contributed by atoms with Crippen LogP contribution in [0.4, 0.5) is 5.69 Å². The first-order valence-corrected chi connectivity index (χ1v) is 7.99. The number of nitrogens with zero attached hydrogens (tertiary/aromatic N) is 4. The summed E-state index contributed by atoms with van der Waals surface area (Å²) in [6, 6.07) is 8.23. The smallest absolute Gasteiger partial charge is 0.246 e. The monoisotopic (exact) mass is 326 g/mol. The Morgan fingerprint density at radius 2 is 1.79 bits per heavy atom. The number of rotatable bonds is 5. The summed E-state index contributed by atoms with van der Waals surface area (Å²) in [7, 11) is 7.75. The van der Waals surface area contributed by atoms with Gasteiger partial charge in [0.05, 0.1) is 5.69 Å². The Balaban J connectivity index is 2.02. The molecule has 1 amide bonds. The molecule has 1 aromatic carbocycles. The van der Waals surface area contributed by atoms with Crippen molar-refractivity contribution in [2.45, 2.75) is 20.4 Å². The van der Waals surface area contributed by atoms with Crippen LogP contribution in [0.1, 0.15) is 22.5 Å². The molecule has 0 bridgehead atoms. The van der Waals surface area contributed by atoms with E-state index in [-0.39, 0.29) is 5.91 Å². The molecule has 0 aliphatic carbocycles. The van der Waals surface area contributed by atoms with Crippen LogP contribution in [0.25, 0.3) is 6.08 Å². The van der Waals surface area contributed by atoms with Crippen molar-refractivity contribution < 1.29 is 4.79 Å². The quantitative estimate of drug-likeness (QED) is 0.794. The molecule has 0 aliphatic heterocycles. The van der Waals surface area contributed by atoms with E-state index < -0.39 is 0 Å². The number of benzene rings is 1. The molecule has 1 aromatic heterocycles. The zero-order valence-corrected chi connectivity index (χ0v) is 15.4. The second kappa shape index (κ2) is 7.34. The van der Waals surface area contributed by atoms with Crippen LogP contribution in [0.15, 0.2) is 30.3 Å². The highest BCUT2D eigenvalue weighted by Crippen LogP contribution is 2.15. The largest absolute Gasteiger partial charge is 0.378 e. The number of carbonyl (C=O) groups is 1. The van der Waals surface area contributed by atoms with E-state index >= 15 is 0 Å². The Morgan fingerprint density at radius 3 is 2.29 bits per heavy atom. The molecule has 2 rings (SSSR count). The third-order valence-corrected chi connectivity index (χ3v) is 4.21. The molecule has 2 aromatic rings. The summed E-state index contributed by atoms with van der Waals surface area (Å²) >= 11 is 0. The molecule has 0 radical (unpaired) electrons. The summed E-state index contributed by atoms with van der Waals surface area (Å²) in [6.45, 7) is 4.54. The summed E-state index contributed by atoms with van der Waals surface area (Å²) in [6.07, 6.45) is 3.47. The third-order valence-electron chi connectivity index (χ3n) is 4.21. The topological polar surface area (TPSA) is 41.4 Å². The number of carbonyl (C=O) groups excluding carboxylic acids is 1. The van der Waals surface area contributed by atoms with E-state index in [0.717, 1.165) is 28.2 Å². The second-order valence-electron chi connectivity index (χ2n) is 6.30. The van der Waals surface area contributed by atoms with Crippen LogP contribution >= 0.6 is 0 Å². The first-order valence-electron chi connectivity index (χ1n) is 7.99. The highest BCUT2D eigenvalue weighted by Gasteiger charge is 2.09. The highest BCUT2D eigenvalue weighted by molar-refractivity contribution is 5.91. The van der Waals surface area contributed by atoms with Gasteiger partial charge in [-0.15, -0.1) is 0 Å². The first kappa shape index (κ1) is 17.8. The summed E-state index contributed by atoms with van der Waals surface area (Å²) in [5, 5.41) is 4.36. The van der Waals surface area contributed by atoms with Crippen molar-refractivity contribution >= 4 is 17.7 Å². The van der Waals surface area contributed by atoms with Crippen molar-refractivity contribution in [2.75, 3.05) is 26.0 Å². The molecule has 5 nitrogen and oxygen atoms in total. The maximum Gasteiger partial charge on any atom is 0.246 e. The molecule has 0 fully saturated rings. The number of hydrogen-bond acceptors (Lipinski definition) is 3. The zero-order chi connectivity index (χ0) is 17.9. The molecule has 0 N–H and O–H groups in total. The molecular formula is C19H26N4O. The van der Waals surface area contributed by atoms with Crippen LogP contribution in [0.5, 0.6) is 0 Å². The lowest BCUT2D eigenvalue weighted by Gasteiger charge is -2.17. The Morgan fingerprint density at radius 1 is 1.17 bits per heavy atom. The highest BCUT2D eigenvalue weighted by atomic mass is 16.2. The first-order chi connectivity index (χ1) is 11.3. The fourth-order valence-corrected chi connectivity index (χ4v) is 2.56. The summed E-state index contributed by atoms with van der Waals surface area (Å²) in [5.41, 5.74) is 5.25. The van der Waals surface area contributed by atoms with Gasteiger partial charge in [0.1, 0.15) is 0 Å². The fourth-order valence-electron chi connectivity index (χ4n) is 2.56. The van der Waals surface area contributed by atoms with Gasteiger partial charge in [-0.1, -0.05) is 12.1 Å². The van der Waals surface area contributed by atoms with Gasteiger partial charge in [0.25, 0.3) is 0 Å². The second-order valence-corrected chi connectivity index (χ2v) is 6.30. The number of amides is 1. The van der Waals surface area contributed by atoms with Gasteiger partial charge in [0.15, 0.2) is 0 Å². The van der Waals surface area contributed by atoms with Crippen molar-refractivity contribution in [2.24, 2.45) is 7.05 Å². The van der Waals surface area contributed by atoms with Crippen molar-refractivity contribution in [3.8, 4) is 0 Å². The van der Waals surface area contributed by atoms with E-state index in [1.165, 1.54) is 0 Å². The van der Waals surface area contributed by atoms with Gasteiger partial charge in [0, 0.05) is 57.8 Å². The average Bonchev–Trinajstić information content (AvgIpc) is 2.78. The van der Waals surface area contributed by atoms with Crippen LogP contribution in [0.2, 0.25) is 0 Å². The molecule has 24 heavy (non-hydrogen) atoms. The maximum absolute atomic E-state index is 12.3. The van der Waals surface area contributed by atoms with Gasteiger partial charge in [-0.2, -0.15) is 5.10 Å². The number of likely N-dealkylation sites (N-methyl/N-ethyl adjacent to an activating group) is 1. The predicted octanol–water partition coefficient (Wildman–Crippen LogP) is 2.77. The number of aryl methyl sites for hydroxylation is 2. The molecule has 1 heterocycles. The summed E-state index contributed by atoms with van der Waals surface area (Å²) in [4.78, 5) is 16.1. The lowest BCUT2D eigenvalue weighted by Crippen LogP contribution is -2.24. The molecule has 0 spiro atoms. The Kier molecular flexibility index (Phi) is 5.44. The molecular weight excluding hydrogens is 300 g/mol. The standard InChI is InChI=1S/C19H26N4O/c1-14-18(15(2)23(6)20-14)11-12-19(24)22(5)13-16-7-9-17(10-8-16)21(3)4/h7-12H,13H2,1-6H3/b12-11+. The third kappa shape index (κ3) is 4.04. The van der Waals surface area contributed by atoms with Gasteiger partial charge in [0.2, 0.25) is 5.91 Å². The van der Waals surface area contributed by atoms with E-state index in [0.29, 0.717) is 6.54 Å². The van der Waals surface area contributed by atoms with Gasteiger partial charge >= 0.3 is 0 Å². The minimum atomic E-state index is -0.0191. The molecule has 0 aliphatic rings. The zero-order valence-electron chi connectivity index (χ0n) is 15.4. The average molecular weight is 326 g/mol. The number of aromatic nitrogens is 2. The molecule has 0 saturated heterocycles. The molecule has 5 heteroatoms. The fraction of sp³-hybridized carbons (Fsp3) is 0.368. The van der Waals surface area contributed by atoms with Gasteiger partial charge in [-0.05, 0) is 37.6 Å². The van der Waals surface area contributed by atoms with Crippen LogP contribution in [-0.4, -0.2) is 41.7 Å². The van der Waals surface area contributed by atoms with Crippen LogP contribution in [0, 0.1) is 13.8 Å². The number of hydrogen-bond donors (Lipinski definition) is 0. The van der Waals surface area contributed by atoms with E-state index in [1.54, 1.807) is 11.0 Å².